The Morgan fingerprint density at radius 1 is 1.06 bits per heavy atom. The third kappa shape index (κ3) is 14.9. The van der Waals surface area contributed by atoms with Gasteiger partial charge in [-0.2, -0.15) is 0 Å². The summed E-state index contributed by atoms with van der Waals surface area (Å²) < 4.78 is 43.9. The Kier molecular flexibility index (Phi) is 14.2. The van der Waals surface area contributed by atoms with Crippen molar-refractivity contribution in [3.63, 3.8) is 0 Å². The Morgan fingerprint density at radius 3 is 2.33 bits per heavy atom. The molecule has 1 aromatic rings. The molecule has 0 heterocycles. The summed E-state index contributed by atoms with van der Waals surface area (Å²) in [5.41, 5.74) is 0. The van der Waals surface area contributed by atoms with Gasteiger partial charge in [0.1, 0.15) is 18.2 Å². The van der Waals surface area contributed by atoms with Crippen molar-refractivity contribution in [1.82, 2.24) is 14.5 Å². The van der Waals surface area contributed by atoms with Crippen molar-refractivity contribution in [2.24, 2.45) is 0 Å². The van der Waals surface area contributed by atoms with E-state index in [1.807, 2.05) is 19.0 Å². The lowest BCUT2D eigenvalue weighted by Gasteiger charge is -2.20. The highest BCUT2D eigenvalue weighted by Crippen LogP contribution is 2.13. The standard InChI is InChI=1S/C23H40FN3O5S/c1-26(2)18-15-25-23(29)10-6-4-5-7-16-27(33(3,30)31)17-8-9-21(28)19-32-22-13-11-20(24)12-14-22/h11-14,21,28H,4-10,15-19H2,1-3H3,(H,25,29). The fraction of sp³-hybridized carbons (Fsp3) is 0.696. The third-order valence-electron chi connectivity index (χ3n) is 5.11. The van der Waals surface area contributed by atoms with Gasteiger partial charge in [-0.15, -0.1) is 0 Å². The number of carbonyl (C=O) groups is 1. The molecule has 2 N–H and O–H groups in total. The molecule has 190 valence electrons. The fourth-order valence-corrected chi connectivity index (χ4v) is 4.11. The number of ether oxygens (including phenoxy) is 1. The maximum absolute atomic E-state index is 12.9. The van der Waals surface area contributed by atoms with Crippen molar-refractivity contribution in [2.75, 3.05) is 53.1 Å². The van der Waals surface area contributed by atoms with Gasteiger partial charge in [-0.1, -0.05) is 12.8 Å². The predicted octanol–water partition coefficient (Wildman–Crippen LogP) is 2.24. The molecule has 1 aromatic carbocycles. The van der Waals surface area contributed by atoms with Crippen LogP contribution < -0.4 is 10.1 Å². The summed E-state index contributed by atoms with van der Waals surface area (Å²) >= 11 is 0. The van der Waals surface area contributed by atoms with E-state index in [0.29, 0.717) is 44.6 Å². The minimum Gasteiger partial charge on any atom is -0.491 e. The Balaban J connectivity index is 2.19. The highest BCUT2D eigenvalue weighted by molar-refractivity contribution is 7.88. The Labute approximate surface area is 198 Å². The van der Waals surface area contributed by atoms with Crippen LogP contribution in [-0.2, 0) is 14.8 Å². The van der Waals surface area contributed by atoms with Crippen LogP contribution in [0.3, 0.4) is 0 Å². The topological polar surface area (TPSA) is 99.2 Å². The first-order valence-electron chi connectivity index (χ1n) is 11.5. The number of likely N-dealkylation sites (N-methyl/N-ethyl adjacent to an activating group) is 1. The Morgan fingerprint density at radius 2 is 1.70 bits per heavy atom. The summed E-state index contributed by atoms with van der Waals surface area (Å²) in [6, 6.07) is 5.55. The number of aliphatic hydroxyl groups is 1. The van der Waals surface area contributed by atoms with E-state index in [2.05, 4.69) is 5.32 Å². The van der Waals surface area contributed by atoms with Gasteiger partial charge in [0, 0.05) is 32.6 Å². The predicted molar refractivity (Wildman–Crippen MR) is 128 cm³/mol. The smallest absolute Gasteiger partial charge is 0.220 e. The van der Waals surface area contributed by atoms with E-state index in [0.717, 1.165) is 32.2 Å². The van der Waals surface area contributed by atoms with Crippen molar-refractivity contribution in [3.05, 3.63) is 30.1 Å². The summed E-state index contributed by atoms with van der Waals surface area (Å²) in [6.07, 6.45) is 5.09. The van der Waals surface area contributed by atoms with Crippen LogP contribution in [0.25, 0.3) is 0 Å². The van der Waals surface area contributed by atoms with Crippen LogP contribution in [0.2, 0.25) is 0 Å². The molecule has 1 unspecified atom stereocenters. The number of halogens is 1. The van der Waals surface area contributed by atoms with Crippen molar-refractivity contribution in [1.29, 1.82) is 0 Å². The van der Waals surface area contributed by atoms with Gasteiger partial charge in [-0.05, 0) is 64.0 Å². The monoisotopic (exact) mass is 489 g/mol. The number of sulfonamides is 1. The van der Waals surface area contributed by atoms with Crippen molar-refractivity contribution in [2.45, 2.75) is 51.0 Å². The van der Waals surface area contributed by atoms with Crippen LogP contribution in [0.5, 0.6) is 5.75 Å². The van der Waals surface area contributed by atoms with Crippen molar-refractivity contribution < 1.29 is 27.4 Å². The lowest BCUT2D eigenvalue weighted by molar-refractivity contribution is -0.121. The number of aliphatic hydroxyl groups excluding tert-OH is 1. The number of benzene rings is 1. The van der Waals surface area contributed by atoms with Crippen LogP contribution in [0.1, 0.15) is 44.9 Å². The summed E-state index contributed by atoms with van der Waals surface area (Å²) in [7, 11) is 0.585. The first kappa shape index (κ1) is 29.3. The summed E-state index contributed by atoms with van der Waals surface area (Å²) in [6.45, 7) is 2.28. The normalized spacial score (nSPS) is 12.8. The summed E-state index contributed by atoms with van der Waals surface area (Å²) in [5.74, 6) is 0.167. The quantitative estimate of drug-likeness (QED) is 0.307. The van der Waals surface area contributed by atoms with Gasteiger partial charge in [0.15, 0.2) is 0 Å². The van der Waals surface area contributed by atoms with Gasteiger partial charge in [-0.3, -0.25) is 4.79 Å². The van der Waals surface area contributed by atoms with Gasteiger partial charge < -0.3 is 20.1 Å². The van der Waals surface area contributed by atoms with Gasteiger partial charge in [0.2, 0.25) is 15.9 Å². The second kappa shape index (κ2) is 16.0. The second-order valence-electron chi connectivity index (χ2n) is 8.54. The number of amides is 1. The second-order valence-corrected chi connectivity index (χ2v) is 10.5. The first-order chi connectivity index (χ1) is 15.6. The SMILES string of the molecule is CN(C)CCNC(=O)CCCCCCN(CCCC(O)COc1ccc(F)cc1)S(C)(=O)=O. The molecule has 0 aliphatic carbocycles. The van der Waals surface area contributed by atoms with Crippen molar-refractivity contribution in [3.8, 4) is 5.75 Å². The molecule has 0 fully saturated rings. The molecular formula is C23H40FN3O5S. The van der Waals surface area contributed by atoms with Crippen molar-refractivity contribution >= 4 is 15.9 Å². The van der Waals surface area contributed by atoms with Crippen LogP contribution in [0.15, 0.2) is 24.3 Å². The van der Waals surface area contributed by atoms with E-state index in [1.165, 1.54) is 34.8 Å². The van der Waals surface area contributed by atoms with Crippen LogP contribution >= 0.6 is 0 Å². The van der Waals surface area contributed by atoms with Crippen LogP contribution in [-0.4, -0.2) is 87.9 Å². The van der Waals surface area contributed by atoms with E-state index in [1.54, 1.807) is 0 Å². The third-order valence-corrected chi connectivity index (χ3v) is 6.42. The average Bonchev–Trinajstić information content (AvgIpc) is 2.73. The summed E-state index contributed by atoms with van der Waals surface area (Å²) in [5, 5.41) is 13.0. The first-order valence-corrected chi connectivity index (χ1v) is 13.4. The highest BCUT2D eigenvalue weighted by Gasteiger charge is 2.16. The van der Waals surface area contributed by atoms with E-state index < -0.39 is 16.1 Å². The molecule has 0 aromatic heterocycles. The summed E-state index contributed by atoms with van der Waals surface area (Å²) in [4.78, 5) is 13.8. The molecule has 1 rings (SSSR count). The van der Waals surface area contributed by atoms with E-state index in [-0.39, 0.29) is 18.3 Å². The molecule has 0 radical (unpaired) electrons. The molecule has 0 aliphatic rings. The molecule has 8 nitrogen and oxygen atoms in total. The molecule has 0 saturated carbocycles. The number of nitrogens with one attached hydrogen (secondary N) is 1. The fourth-order valence-electron chi connectivity index (χ4n) is 3.19. The number of hydrogen-bond acceptors (Lipinski definition) is 6. The maximum atomic E-state index is 12.9. The van der Waals surface area contributed by atoms with Crippen LogP contribution in [0, 0.1) is 5.82 Å². The van der Waals surface area contributed by atoms with Crippen LogP contribution in [0.4, 0.5) is 4.39 Å². The highest BCUT2D eigenvalue weighted by atomic mass is 32.2. The molecule has 1 amide bonds. The number of carbonyl (C=O) groups excluding carboxylic acids is 1. The molecule has 0 aliphatic heterocycles. The number of hydrogen-bond donors (Lipinski definition) is 2. The molecule has 0 saturated heterocycles. The van der Waals surface area contributed by atoms with Gasteiger partial charge in [0.05, 0.1) is 12.4 Å². The van der Waals surface area contributed by atoms with E-state index in [9.17, 15) is 22.7 Å². The molecule has 0 spiro atoms. The molecule has 1 atom stereocenters. The van der Waals surface area contributed by atoms with Gasteiger partial charge in [0.25, 0.3) is 0 Å². The number of rotatable bonds is 18. The molecular weight excluding hydrogens is 449 g/mol. The zero-order chi connectivity index (χ0) is 24.7. The lowest BCUT2D eigenvalue weighted by Crippen LogP contribution is -2.32. The number of nitrogens with zero attached hydrogens (tertiary/aromatic N) is 2. The van der Waals surface area contributed by atoms with Gasteiger partial charge in [-0.25, -0.2) is 17.1 Å². The minimum absolute atomic E-state index is 0.0524. The lowest BCUT2D eigenvalue weighted by atomic mass is 10.1. The Hall–Kier alpha value is -1.75. The van der Waals surface area contributed by atoms with Gasteiger partial charge >= 0.3 is 0 Å². The zero-order valence-electron chi connectivity index (χ0n) is 20.1. The minimum atomic E-state index is -3.33. The average molecular weight is 490 g/mol. The van der Waals surface area contributed by atoms with E-state index in [4.69, 9.17) is 4.74 Å². The van der Waals surface area contributed by atoms with E-state index >= 15 is 0 Å². The Bertz CT molecular complexity index is 775. The largest absolute Gasteiger partial charge is 0.491 e. The maximum Gasteiger partial charge on any atom is 0.220 e. The molecule has 0 bridgehead atoms. The molecule has 10 heteroatoms. The molecule has 33 heavy (non-hydrogen) atoms. The number of unbranched alkanes of at least 4 members (excludes halogenated alkanes) is 3. The zero-order valence-corrected chi connectivity index (χ0v) is 20.9.